The maximum atomic E-state index is 13.1. The number of nitrogens with zero attached hydrogens (tertiary/aromatic N) is 3. The average Bonchev–Trinajstić information content (AvgIpc) is 3.31. The van der Waals surface area contributed by atoms with Crippen molar-refractivity contribution in [1.29, 1.82) is 0 Å². The van der Waals surface area contributed by atoms with Crippen LogP contribution in [0.2, 0.25) is 0 Å². The first-order valence-corrected chi connectivity index (χ1v) is 13.7. The van der Waals surface area contributed by atoms with Gasteiger partial charge in [-0.1, -0.05) is 6.07 Å². The van der Waals surface area contributed by atoms with Gasteiger partial charge in [-0.25, -0.2) is 27.5 Å². The molecule has 3 aromatic carbocycles. The monoisotopic (exact) mass is 538 g/mol. The molecule has 0 aliphatic rings. The Labute approximate surface area is 217 Å². The number of methoxy groups -OCH3 is 1. The number of sulfonamides is 1. The molecule has 5 rings (SSSR count). The highest BCUT2D eigenvalue weighted by Gasteiger charge is 2.15. The molecule has 0 unspecified atom stereocenters. The van der Waals surface area contributed by atoms with Gasteiger partial charge >= 0.3 is 0 Å². The number of nitrogens with one attached hydrogen (secondary N) is 1. The van der Waals surface area contributed by atoms with Crippen molar-refractivity contribution in [2.45, 2.75) is 18.4 Å². The largest absolute Gasteiger partial charge is 0.492 e. The standard InChI is InChI=1S/C26H23FN4O4S2/c1-16-12-19(35-11-10-29-37(32,33)20-8-6-17(27)7-9-20)13-23-24(16)31-26(36-23)21-4-3-5-22-25(21)28-14-18(30-22)15-34-2/h3-9,12-14,29H,10-11,15H2,1-2H3. The van der Waals surface area contributed by atoms with E-state index in [1.807, 2.05) is 37.3 Å². The van der Waals surface area contributed by atoms with E-state index < -0.39 is 15.8 Å². The highest BCUT2D eigenvalue weighted by molar-refractivity contribution is 7.89. The molecule has 0 atom stereocenters. The highest BCUT2D eigenvalue weighted by atomic mass is 32.2. The van der Waals surface area contributed by atoms with Gasteiger partial charge in [0.1, 0.15) is 23.2 Å². The van der Waals surface area contributed by atoms with Gasteiger partial charge in [-0.15, -0.1) is 11.3 Å². The molecule has 0 radical (unpaired) electrons. The first-order valence-electron chi connectivity index (χ1n) is 11.4. The normalized spacial score (nSPS) is 11.9. The Morgan fingerprint density at radius 3 is 2.65 bits per heavy atom. The highest BCUT2D eigenvalue weighted by Crippen LogP contribution is 2.36. The van der Waals surface area contributed by atoms with Crippen molar-refractivity contribution < 1.29 is 22.3 Å². The lowest BCUT2D eigenvalue weighted by atomic mass is 10.1. The van der Waals surface area contributed by atoms with Crippen molar-refractivity contribution >= 4 is 42.6 Å². The van der Waals surface area contributed by atoms with Crippen LogP contribution in [0.4, 0.5) is 4.39 Å². The Balaban J connectivity index is 1.32. The topological polar surface area (TPSA) is 103 Å². The lowest BCUT2D eigenvalue weighted by molar-refractivity contribution is 0.181. The molecule has 5 aromatic rings. The fourth-order valence-corrected chi connectivity index (χ4v) is 5.99. The van der Waals surface area contributed by atoms with E-state index >= 15 is 0 Å². The van der Waals surface area contributed by atoms with Crippen molar-refractivity contribution in [3.05, 3.63) is 77.9 Å². The van der Waals surface area contributed by atoms with Crippen molar-refractivity contribution in [3.8, 4) is 16.3 Å². The van der Waals surface area contributed by atoms with Gasteiger partial charge in [0.2, 0.25) is 10.0 Å². The van der Waals surface area contributed by atoms with Crippen LogP contribution in [0.1, 0.15) is 11.3 Å². The van der Waals surface area contributed by atoms with Crippen molar-refractivity contribution in [1.82, 2.24) is 19.7 Å². The zero-order valence-corrected chi connectivity index (χ0v) is 21.7. The van der Waals surface area contributed by atoms with Crippen molar-refractivity contribution in [2.75, 3.05) is 20.3 Å². The van der Waals surface area contributed by atoms with Gasteiger partial charge < -0.3 is 9.47 Å². The van der Waals surface area contributed by atoms with Gasteiger partial charge in [0.15, 0.2) is 0 Å². The number of hydrogen-bond acceptors (Lipinski definition) is 8. The molecule has 0 aliphatic heterocycles. The maximum Gasteiger partial charge on any atom is 0.240 e. The first kappa shape index (κ1) is 25.2. The number of hydrogen-bond donors (Lipinski definition) is 1. The zero-order valence-electron chi connectivity index (χ0n) is 20.1. The summed E-state index contributed by atoms with van der Waals surface area (Å²) in [7, 11) is -2.13. The second-order valence-electron chi connectivity index (χ2n) is 8.27. The van der Waals surface area contributed by atoms with Gasteiger partial charge in [-0.05, 0) is 61.0 Å². The van der Waals surface area contributed by atoms with Crippen LogP contribution in [0.3, 0.4) is 0 Å². The summed E-state index contributed by atoms with van der Waals surface area (Å²) in [4.78, 5) is 14.1. The van der Waals surface area contributed by atoms with Crippen LogP contribution < -0.4 is 9.46 Å². The molecule has 1 N–H and O–H groups in total. The van der Waals surface area contributed by atoms with E-state index in [1.165, 1.54) is 23.5 Å². The van der Waals surface area contributed by atoms with E-state index in [-0.39, 0.29) is 18.0 Å². The Hall–Kier alpha value is -3.51. The number of halogens is 1. The molecule has 0 saturated carbocycles. The van der Waals surface area contributed by atoms with E-state index in [2.05, 4.69) is 14.7 Å². The summed E-state index contributed by atoms with van der Waals surface area (Å²) in [5, 5.41) is 0.821. The number of rotatable bonds is 9. The van der Waals surface area contributed by atoms with Gasteiger partial charge in [0, 0.05) is 19.2 Å². The minimum absolute atomic E-state index is 0.00333. The SMILES string of the molecule is COCc1cnc2c(-c3nc4c(C)cc(OCCNS(=O)(=O)c5ccc(F)cc5)cc4s3)cccc2n1. The Morgan fingerprint density at radius 2 is 1.86 bits per heavy atom. The minimum atomic E-state index is -3.75. The van der Waals surface area contributed by atoms with Crippen molar-refractivity contribution in [3.63, 3.8) is 0 Å². The Kier molecular flexibility index (Phi) is 7.11. The Bertz CT molecular complexity index is 1690. The lowest BCUT2D eigenvalue weighted by Gasteiger charge is -2.09. The van der Waals surface area contributed by atoms with Crippen molar-refractivity contribution in [2.24, 2.45) is 0 Å². The predicted molar refractivity (Wildman–Crippen MR) is 141 cm³/mol. The molecule has 0 amide bonds. The molecule has 190 valence electrons. The summed E-state index contributed by atoms with van der Waals surface area (Å²) in [5.74, 6) is 0.118. The fraction of sp³-hybridized carbons (Fsp3) is 0.192. The number of ether oxygens (including phenoxy) is 2. The third-order valence-electron chi connectivity index (χ3n) is 5.59. The summed E-state index contributed by atoms with van der Waals surface area (Å²) in [6.45, 7) is 2.53. The molecule has 2 heterocycles. The summed E-state index contributed by atoms with van der Waals surface area (Å²) < 4.78 is 52.2. The summed E-state index contributed by atoms with van der Waals surface area (Å²) in [5.41, 5.74) is 5.00. The Morgan fingerprint density at radius 1 is 1.05 bits per heavy atom. The molecule has 37 heavy (non-hydrogen) atoms. The molecule has 0 saturated heterocycles. The molecular formula is C26H23FN4O4S2. The number of aromatic nitrogens is 3. The van der Waals surface area contributed by atoms with E-state index in [1.54, 1.807) is 13.3 Å². The molecule has 0 fully saturated rings. The number of aryl methyl sites for hydroxylation is 1. The number of fused-ring (bicyclic) bond motifs is 2. The third kappa shape index (κ3) is 5.44. The molecule has 0 spiro atoms. The molecule has 0 aliphatic carbocycles. The molecule has 0 bridgehead atoms. The van der Waals surface area contributed by atoms with Crippen LogP contribution in [0.5, 0.6) is 5.75 Å². The van der Waals surface area contributed by atoms with Gasteiger partial charge in [-0.3, -0.25) is 4.98 Å². The first-order chi connectivity index (χ1) is 17.8. The van der Waals surface area contributed by atoms with Crippen LogP contribution in [0.15, 0.2) is 65.7 Å². The van der Waals surface area contributed by atoms with E-state index in [4.69, 9.17) is 14.5 Å². The smallest absolute Gasteiger partial charge is 0.240 e. The minimum Gasteiger partial charge on any atom is -0.492 e. The van der Waals surface area contributed by atoms with Crippen LogP contribution in [0.25, 0.3) is 31.8 Å². The summed E-state index contributed by atoms with van der Waals surface area (Å²) in [6, 6.07) is 14.2. The summed E-state index contributed by atoms with van der Waals surface area (Å²) >= 11 is 1.52. The van der Waals surface area contributed by atoms with Crippen LogP contribution >= 0.6 is 11.3 Å². The van der Waals surface area contributed by atoms with Gasteiger partial charge in [0.25, 0.3) is 0 Å². The molecular weight excluding hydrogens is 515 g/mol. The van der Waals surface area contributed by atoms with Crippen LogP contribution in [0, 0.1) is 12.7 Å². The zero-order chi connectivity index (χ0) is 26.0. The summed E-state index contributed by atoms with van der Waals surface area (Å²) in [6.07, 6.45) is 1.71. The van der Waals surface area contributed by atoms with E-state index in [0.29, 0.717) is 12.4 Å². The number of para-hydroxylation sites is 1. The number of benzene rings is 3. The van der Waals surface area contributed by atoms with Gasteiger partial charge in [0.05, 0.1) is 44.6 Å². The van der Waals surface area contributed by atoms with Gasteiger partial charge in [-0.2, -0.15) is 0 Å². The lowest BCUT2D eigenvalue weighted by Crippen LogP contribution is -2.28. The molecule has 8 nitrogen and oxygen atoms in total. The maximum absolute atomic E-state index is 13.1. The average molecular weight is 539 g/mol. The predicted octanol–water partition coefficient (Wildman–Crippen LogP) is 4.86. The van der Waals surface area contributed by atoms with E-state index in [9.17, 15) is 12.8 Å². The molecule has 2 aromatic heterocycles. The van der Waals surface area contributed by atoms with Crippen LogP contribution in [-0.4, -0.2) is 43.6 Å². The second kappa shape index (κ2) is 10.5. The fourth-order valence-electron chi connectivity index (χ4n) is 3.88. The number of thiazole rings is 1. The van der Waals surface area contributed by atoms with Crippen LogP contribution in [-0.2, 0) is 21.4 Å². The quantitative estimate of drug-likeness (QED) is 0.267. The molecule has 11 heteroatoms. The second-order valence-corrected chi connectivity index (χ2v) is 11.1. The third-order valence-corrected chi connectivity index (χ3v) is 8.10. The van der Waals surface area contributed by atoms with E-state index in [0.717, 1.165) is 55.2 Å².